The number of hydrogen-bond donors (Lipinski definition) is 0. The van der Waals surface area contributed by atoms with Crippen molar-refractivity contribution in [1.29, 1.82) is 0 Å². The van der Waals surface area contributed by atoms with Gasteiger partial charge in [0.15, 0.2) is 0 Å². The molecule has 2 nitrogen and oxygen atoms in total. The quantitative estimate of drug-likeness (QED) is 0.693. The Morgan fingerprint density at radius 3 is 1.12 bits per heavy atom. The van der Waals surface area contributed by atoms with Gasteiger partial charge in [0.25, 0.3) is 0 Å². The lowest BCUT2D eigenvalue weighted by molar-refractivity contribution is -0.180. The van der Waals surface area contributed by atoms with E-state index in [4.69, 9.17) is 9.47 Å². The fourth-order valence-electron chi connectivity index (χ4n) is 3.29. The van der Waals surface area contributed by atoms with E-state index in [0.29, 0.717) is 0 Å². The van der Waals surface area contributed by atoms with Gasteiger partial charge < -0.3 is 9.47 Å². The molecule has 0 saturated carbocycles. The van der Waals surface area contributed by atoms with E-state index in [2.05, 4.69) is 76.2 Å². The van der Waals surface area contributed by atoms with Crippen molar-refractivity contribution in [3.63, 3.8) is 0 Å². The topological polar surface area (TPSA) is 18.5 Å². The van der Waals surface area contributed by atoms with Gasteiger partial charge in [-0.2, -0.15) is 0 Å². The van der Waals surface area contributed by atoms with Crippen LogP contribution in [0, 0.1) is 0 Å². The van der Waals surface area contributed by atoms with E-state index < -0.39 is 11.2 Å². The first kappa shape index (κ1) is 18.7. The summed E-state index contributed by atoms with van der Waals surface area (Å²) < 4.78 is 12.1. The van der Waals surface area contributed by atoms with Crippen molar-refractivity contribution in [2.45, 2.75) is 51.7 Å². The molecule has 24 heavy (non-hydrogen) atoms. The summed E-state index contributed by atoms with van der Waals surface area (Å²) >= 11 is 0. The second kappa shape index (κ2) is 7.50. The lowest BCUT2D eigenvalue weighted by Crippen LogP contribution is -2.48. The highest BCUT2D eigenvalue weighted by atomic mass is 16.5. The maximum absolute atomic E-state index is 6.04. The van der Waals surface area contributed by atoms with E-state index in [0.717, 1.165) is 24.0 Å². The monoisotopic (exact) mass is 326 g/mol. The van der Waals surface area contributed by atoms with Crippen LogP contribution in [0.4, 0.5) is 0 Å². The number of ether oxygens (including phenoxy) is 2. The molecule has 0 heterocycles. The maximum atomic E-state index is 6.04. The predicted molar refractivity (Wildman–Crippen MR) is 100 cm³/mol. The molecule has 0 aliphatic carbocycles. The highest BCUT2D eigenvalue weighted by Gasteiger charge is 2.48. The Bertz CT molecular complexity index is 585. The van der Waals surface area contributed by atoms with Crippen LogP contribution in [0.1, 0.15) is 49.9 Å². The fourth-order valence-corrected chi connectivity index (χ4v) is 3.29. The smallest absolute Gasteiger partial charge is 0.123 e. The molecular weight excluding hydrogens is 296 g/mol. The van der Waals surface area contributed by atoms with Crippen molar-refractivity contribution in [1.82, 2.24) is 0 Å². The second-order valence-electron chi connectivity index (χ2n) is 6.58. The third kappa shape index (κ3) is 3.13. The number of methoxy groups -OCH3 is 2. The van der Waals surface area contributed by atoms with E-state index in [1.165, 1.54) is 11.1 Å². The van der Waals surface area contributed by atoms with Crippen molar-refractivity contribution < 1.29 is 9.47 Å². The Morgan fingerprint density at radius 2 is 0.917 bits per heavy atom. The largest absolute Gasteiger partial charge is 0.370 e. The van der Waals surface area contributed by atoms with E-state index >= 15 is 0 Å². The van der Waals surface area contributed by atoms with E-state index in [1.807, 2.05) is 0 Å². The molecule has 0 aliphatic rings. The van der Waals surface area contributed by atoms with Crippen molar-refractivity contribution in [2.24, 2.45) is 0 Å². The van der Waals surface area contributed by atoms with Crippen LogP contribution in [-0.2, 0) is 33.5 Å². The van der Waals surface area contributed by atoms with Gasteiger partial charge in [0, 0.05) is 14.2 Å². The van der Waals surface area contributed by atoms with Crippen molar-refractivity contribution in [3.8, 4) is 0 Å². The minimum absolute atomic E-state index is 0.595. The molecule has 2 unspecified atom stereocenters. The number of hydrogen-bond acceptors (Lipinski definition) is 2. The Kier molecular flexibility index (Phi) is 5.84. The van der Waals surface area contributed by atoms with E-state index in [9.17, 15) is 0 Å². The summed E-state index contributed by atoms with van der Waals surface area (Å²) in [6.07, 6.45) is 2.06. The maximum Gasteiger partial charge on any atom is 0.123 e. The zero-order valence-corrected chi connectivity index (χ0v) is 15.8. The Morgan fingerprint density at radius 1 is 0.625 bits per heavy atom. The summed E-state index contributed by atoms with van der Waals surface area (Å²) in [5, 5.41) is 0. The van der Waals surface area contributed by atoms with Crippen LogP contribution in [0.3, 0.4) is 0 Å². The molecule has 0 saturated heterocycles. The molecule has 2 rings (SSSR count). The number of rotatable bonds is 7. The Labute approximate surface area is 146 Å². The molecule has 0 spiro atoms. The predicted octanol–water partition coefficient (Wildman–Crippen LogP) is 5.23. The lowest BCUT2D eigenvalue weighted by atomic mass is 9.75. The summed E-state index contributed by atoms with van der Waals surface area (Å²) in [6, 6.07) is 17.3. The van der Waals surface area contributed by atoms with Gasteiger partial charge in [-0.15, -0.1) is 0 Å². The second-order valence-corrected chi connectivity index (χ2v) is 6.58. The van der Waals surface area contributed by atoms with Crippen molar-refractivity contribution in [3.05, 3.63) is 70.8 Å². The minimum atomic E-state index is -0.595. The number of aryl methyl sites for hydroxylation is 2. The van der Waals surface area contributed by atoms with Crippen LogP contribution in [0.25, 0.3) is 0 Å². The molecule has 0 bridgehead atoms. The molecule has 0 aromatic heterocycles. The molecular formula is C22H30O2. The summed E-state index contributed by atoms with van der Waals surface area (Å²) in [5.41, 5.74) is 3.69. The third-order valence-electron chi connectivity index (χ3n) is 5.55. The molecule has 130 valence electrons. The van der Waals surface area contributed by atoms with Crippen LogP contribution in [0.15, 0.2) is 48.5 Å². The highest BCUT2D eigenvalue weighted by molar-refractivity contribution is 5.36. The van der Waals surface area contributed by atoms with Gasteiger partial charge in [-0.1, -0.05) is 62.4 Å². The molecule has 0 aliphatic heterocycles. The zero-order valence-electron chi connectivity index (χ0n) is 15.8. The van der Waals surface area contributed by atoms with E-state index in [1.54, 1.807) is 14.2 Å². The first-order chi connectivity index (χ1) is 11.4. The van der Waals surface area contributed by atoms with Crippen molar-refractivity contribution in [2.75, 3.05) is 14.2 Å². The lowest BCUT2D eigenvalue weighted by Gasteiger charge is -2.45. The average molecular weight is 326 g/mol. The summed E-state index contributed by atoms with van der Waals surface area (Å²) in [7, 11) is 3.51. The third-order valence-corrected chi connectivity index (χ3v) is 5.55. The highest BCUT2D eigenvalue weighted by Crippen LogP contribution is 2.45. The van der Waals surface area contributed by atoms with Crippen LogP contribution in [0.5, 0.6) is 0 Å². The standard InChI is InChI=1S/C22H30O2/c1-7-17-9-13-19(14-10-17)21(3,23-5)22(4,24-6)20-15-11-18(8-2)12-16-20/h9-16H,7-8H2,1-6H3. The molecule has 0 N–H and O–H groups in total. The van der Waals surface area contributed by atoms with Gasteiger partial charge in [0.1, 0.15) is 11.2 Å². The summed E-state index contributed by atoms with van der Waals surface area (Å²) in [4.78, 5) is 0. The Balaban J connectivity index is 2.52. The van der Waals surface area contributed by atoms with Gasteiger partial charge in [-0.25, -0.2) is 0 Å². The normalized spacial score (nSPS) is 16.4. The fraction of sp³-hybridized carbons (Fsp3) is 0.455. The molecule has 0 amide bonds. The van der Waals surface area contributed by atoms with Crippen LogP contribution < -0.4 is 0 Å². The molecule has 0 fully saturated rings. The molecule has 2 atom stereocenters. The molecule has 2 heteroatoms. The molecule has 2 aromatic carbocycles. The van der Waals surface area contributed by atoms with Gasteiger partial charge in [0.2, 0.25) is 0 Å². The summed E-state index contributed by atoms with van der Waals surface area (Å²) in [5.74, 6) is 0. The SMILES string of the molecule is CCc1ccc(C(C)(OC)C(C)(OC)c2ccc(CC)cc2)cc1. The Hall–Kier alpha value is -1.64. The van der Waals surface area contributed by atoms with Gasteiger partial charge in [0.05, 0.1) is 0 Å². The average Bonchev–Trinajstić information content (AvgIpc) is 2.66. The summed E-state index contributed by atoms with van der Waals surface area (Å²) in [6.45, 7) is 8.54. The van der Waals surface area contributed by atoms with Crippen LogP contribution in [0.2, 0.25) is 0 Å². The van der Waals surface area contributed by atoms with Gasteiger partial charge in [-0.3, -0.25) is 0 Å². The minimum Gasteiger partial charge on any atom is -0.370 e. The first-order valence-corrected chi connectivity index (χ1v) is 8.74. The van der Waals surface area contributed by atoms with Crippen LogP contribution in [-0.4, -0.2) is 14.2 Å². The van der Waals surface area contributed by atoms with Crippen molar-refractivity contribution >= 4 is 0 Å². The van der Waals surface area contributed by atoms with Crippen LogP contribution >= 0.6 is 0 Å². The number of benzene rings is 2. The molecule has 0 radical (unpaired) electrons. The van der Waals surface area contributed by atoms with Gasteiger partial charge >= 0.3 is 0 Å². The first-order valence-electron chi connectivity index (χ1n) is 8.74. The zero-order chi connectivity index (χ0) is 17.8. The van der Waals surface area contributed by atoms with E-state index in [-0.39, 0.29) is 0 Å². The van der Waals surface area contributed by atoms with Gasteiger partial charge in [-0.05, 0) is 48.9 Å². The molecule has 2 aromatic rings.